The van der Waals surface area contributed by atoms with Crippen LogP contribution in [0.25, 0.3) is 5.57 Å². The molecular formula is C17H20O3. The third-order valence-corrected chi connectivity index (χ3v) is 4.32. The van der Waals surface area contributed by atoms with Crippen LogP contribution >= 0.6 is 0 Å². The third-order valence-electron chi connectivity index (χ3n) is 4.32. The Balaban J connectivity index is 2.24. The van der Waals surface area contributed by atoms with Crippen molar-refractivity contribution in [3.63, 3.8) is 0 Å². The predicted molar refractivity (Wildman–Crippen MR) is 78.0 cm³/mol. The van der Waals surface area contributed by atoms with E-state index in [2.05, 4.69) is 12.6 Å². The van der Waals surface area contributed by atoms with Crippen LogP contribution in [-0.2, 0) is 15.1 Å². The van der Waals surface area contributed by atoms with Gasteiger partial charge in [-0.05, 0) is 30.0 Å². The zero-order valence-corrected chi connectivity index (χ0v) is 12.0. The van der Waals surface area contributed by atoms with Crippen LogP contribution in [0.4, 0.5) is 0 Å². The number of ether oxygens (including phenoxy) is 2. The molecule has 0 fully saturated rings. The van der Waals surface area contributed by atoms with Crippen molar-refractivity contribution in [2.75, 3.05) is 20.3 Å². The van der Waals surface area contributed by atoms with E-state index >= 15 is 0 Å². The van der Waals surface area contributed by atoms with Crippen LogP contribution in [0.2, 0.25) is 0 Å². The summed E-state index contributed by atoms with van der Waals surface area (Å²) in [6, 6.07) is 8.05. The fourth-order valence-electron chi connectivity index (χ4n) is 3.39. The Morgan fingerprint density at radius 2 is 2.20 bits per heavy atom. The molecule has 0 unspecified atom stereocenters. The van der Waals surface area contributed by atoms with E-state index in [1.54, 1.807) is 7.11 Å². The lowest BCUT2D eigenvalue weighted by molar-refractivity contribution is 0.0113. The van der Waals surface area contributed by atoms with Crippen LogP contribution in [-0.4, -0.2) is 25.4 Å². The largest absolute Gasteiger partial charge is 0.497 e. The number of benzene rings is 1. The maximum absolute atomic E-state index is 10.7. The van der Waals surface area contributed by atoms with E-state index in [1.807, 2.05) is 25.1 Å². The molecule has 1 aliphatic carbocycles. The summed E-state index contributed by atoms with van der Waals surface area (Å²) in [6.07, 6.45) is 0.667. The smallest absolute Gasteiger partial charge is 0.117 e. The minimum atomic E-state index is -0.815. The molecule has 3 heteroatoms. The minimum Gasteiger partial charge on any atom is -0.497 e. The molecule has 0 aromatic heterocycles. The molecule has 0 saturated carbocycles. The lowest BCUT2D eigenvalue weighted by atomic mass is 9.70. The van der Waals surface area contributed by atoms with Gasteiger partial charge in [0, 0.05) is 11.5 Å². The van der Waals surface area contributed by atoms with Crippen LogP contribution in [0.1, 0.15) is 24.5 Å². The number of hydrogen-bond donors (Lipinski definition) is 1. The first-order valence-corrected chi connectivity index (χ1v) is 6.91. The Kier molecular flexibility index (Phi) is 3.19. The van der Waals surface area contributed by atoms with Crippen LogP contribution in [0.15, 0.2) is 42.2 Å². The summed E-state index contributed by atoms with van der Waals surface area (Å²) in [5.41, 5.74) is 3.52. The van der Waals surface area contributed by atoms with E-state index in [1.165, 1.54) is 5.57 Å². The summed E-state index contributed by atoms with van der Waals surface area (Å²) in [5.74, 6) is 0.844. The molecule has 0 radical (unpaired) electrons. The molecule has 1 heterocycles. The summed E-state index contributed by atoms with van der Waals surface area (Å²) >= 11 is 0. The van der Waals surface area contributed by atoms with E-state index in [0.29, 0.717) is 25.4 Å². The van der Waals surface area contributed by atoms with E-state index < -0.39 is 5.60 Å². The van der Waals surface area contributed by atoms with Crippen molar-refractivity contribution in [2.24, 2.45) is 5.92 Å². The predicted octanol–water partition coefficient (Wildman–Crippen LogP) is 2.86. The van der Waals surface area contributed by atoms with Crippen molar-refractivity contribution in [1.29, 1.82) is 0 Å². The van der Waals surface area contributed by atoms with Gasteiger partial charge in [-0.2, -0.15) is 0 Å². The third kappa shape index (κ3) is 1.98. The first-order chi connectivity index (χ1) is 9.54. The molecule has 1 aromatic rings. The second-order valence-electron chi connectivity index (χ2n) is 5.76. The quantitative estimate of drug-likeness (QED) is 0.841. The highest BCUT2D eigenvalue weighted by Gasteiger charge is 2.40. The lowest BCUT2D eigenvalue weighted by Gasteiger charge is -2.41. The second-order valence-corrected chi connectivity index (χ2v) is 5.76. The van der Waals surface area contributed by atoms with Gasteiger partial charge in [-0.15, -0.1) is 0 Å². The minimum absolute atomic E-state index is 0.190. The first-order valence-electron chi connectivity index (χ1n) is 6.91. The van der Waals surface area contributed by atoms with Crippen molar-refractivity contribution in [3.05, 3.63) is 53.3 Å². The topological polar surface area (TPSA) is 38.7 Å². The van der Waals surface area contributed by atoms with E-state index in [4.69, 9.17) is 9.47 Å². The molecular weight excluding hydrogens is 252 g/mol. The summed E-state index contributed by atoms with van der Waals surface area (Å²) < 4.78 is 11.0. The van der Waals surface area contributed by atoms with E-state index in [9.17, 15) is 5.11 Å². The Morgan fingerprint density at radius 3 is 2.95 bits per heavy atom. The van der Waals surface area contributed by atoms with Gasteiger partial charge < -0.3 is 14.6 Å². The zero-order valence-electron chi connectivity index (χ0n) is 12.0. The van der Waals surface area contributed by atoms with Gasteiger partial charge in [0.25, 0.3) is 0 Å². The summed E-state index contributed by atoms with van der Waals surface area (Å²) in [6.45, 7) is 7.01. The highest BCUT2D eigenvalue weighted by atomic mass is 16.5. The van der Waals surface area contributed by atoms with Gasteiger partial charge in [0.1, 0.15) is 5.76 Å². The number of methoxy groups -OCH3 is 1. The average molecular weight is 272 g/mol. The van der Waals surface area contributed by atoms with Crippen molar-refractivity contribution in [1.82, 2.24) is 0 Å². The summed E-state index contributed by atoms with van der Waals surface area (Å²) in [7, 11) is 1.63. The molecule has 1 aromatic carbocycles. The maximum atomic E-state index is 10.7. The SMILES string of the molecule is C=C(OC)C1=C2c3ccccc3[C@@](C)(O)C[C@H]2COC1. The molecule has 0 spiro atoms. The molecule has 106 valence electrons. The van der Waals surface area contributed by atoms with Crippen molar-refractivity contribution in [3.8, 4) is 0 Å². The van der Waals surface area contributed by atoms with Crippen molar-refractivity contribution in [2.45, 2.75) is 18.9 Å². The molecule has 3 nitrogen and oxygen atoms in total. The van der Waals surface area contributed by atoms with Crippen LogP contribution in [0, 0.1) is 5.92 Å². The van der Waals surface area contributed by atoms with E-state index in [0.717, 1.165) is 16.7 Å². The van der Waals surface area contributed by atoms with Gasteiger partial charge in [-0.3, -0.25) is 0 Å². The molecule has 2 aliphatic rings. The molecule has 2 atom stereocenters. The highest BCUT2D eigenvalue weighted by Crippen LogP contribution is 2.47. The Bertz CT molecular complexity index is 584. The molecule has 0 bridgehead atoms. The molecule has 0 saturated heterocycles. The molecule has 3 rings (SSSR count). The number of rotatable bonds is 2. The molecule has 20 heavy (non-hydrogen) atoms. The molecule has 1 aliphatic heterocycles. The number of fused-ring (bicyclic) bond motifs is 3. The Hall–Kier alpha value is -1.58. The van der Waals surface area contributed by atoms with Crippen LogP contribution < -0.4 is 0 Å². The van der Waals surface area contributed by atoms with Gasteiger partial charge in [-0.1, -0.05) is 30.8 Å². The normalized spacial score (nSPS) is 28.6. The maximum Gasteiger partial charge on any atom is 0.117 e. The van der Waals surface area contributed by atoms with E-state index in [-0.39, 0.29) is 5.92 Å². The van der Waals surface area contributed by atoms with Gasteiger partial charge in [0.05, 0.1) is 25.9 Å². The zero-order chi connectivity index (χ0) is 14.3. The number of hydrogen-bond acceptors (Lipinski definition) is 3. The van der Waals surface area contributed by atoms with Crippen molar-refractivity contribution >= 4 is 5.57 Å². The summed E-state index contributed by atoms with van der Waals surface area (Å²) in [4.78, 5) is 0. The second kappa shape index (κ2) is 4.76. The van der Waals surface area contributed by atoms with Gasteiger partial charge in [0.15, 0.2) is 0 Å². The van der Waals surface area contributed by atoms with Gasteiger partial charge in [-0.25, -0.2) is 0 Å². The first kappa shape index (κ1) is 13.4. The highest BCUT2D eigenvalue weighted by molar-refractivity contribution is 5.78. The monoisotopic (exact) mass is 272 g/mol. The Labute approximate surface area is 119 Å². The van der Waals surface area contributed by atoms with Gasteiger partial charge in [0.2, 0.25) is 0 Å². The fourth-order valence-corrected chi connectivity index (χ4v) is 3.39. The summed E-state index contributed by atoms with van der Waals surface area (Å²) in [5, 5.41) is 10.7. The Morgan fingerprint density at radius 1 is 1.45 bits per heavy atom. The molecule has 0 amide bonds. The van der Waals surface area contributed by atoms with Gasteiger partial charge >= 0.3 is 0 Å². The average Bonchev–Trinajstić information content (AvgIpc) is 2.45. The van der Waals surface area contributed by atoms with Crippen molar-refractivity contribution < 1.29 is 14.6 Å². The lowest BCUT2D eigenvalue weighted by Crippen LogP contribution is -2.36. The molecule has 1 N–H and O–H groups in total. The fraction of sp³-hybridized carbons (Fsp3) is 0.412. The van der Waals surface area contributed by atoms with Crippen LogP contribution in [0.5, 0.6) is 0 Å². The standard InChI is InChI=1S/C17H20O3/c1-11(19-3)14-10-20-9-12-8-17(2,18)15-7-5-4-6-13(15)16(12)14/h4-7,12,18H,1,8-10H2,2-3H3/t12-,17-/m0/s1. The number of aliphatic hydroxyl groups is 1. The van der Waals surface area contributed by atoms with Crippen LogP contribution in [0.3, 0.4) is 0 Å².